The van der Waals surface area contributed by atoms with Crippen molar-refractivity contribution in [3.8, 4) is 0 Å². The van der Waals surface area contributed by atoms with E-state index in [-0.39, 0.29) is 11.8 Å². The van der Waals surface area contributed by atoms with E-state index in [1.165, 1.54) is 141 Å². The summed E-state index contributed by atoms with van der Waals surface area (Å²) in [6.07, 6.45) is 47.3. The standard InChI is InChI=1S/C47H91N3O2/c1-6-10-12-14-16-18-20-22-24-26-28-30-32-34-36-39-46(51)48-42-38-44-50(5,9-4)45(8-3)41-43-49-47(52)40-37-35-33-31-29-27-25-23-21-19-17-15-13-11-7-2/h22-25,45H,6-21,26-44H2,1-5H3,(H-,48,49,51,52)/p+1/b24-22-,25-23-. The second-order valence-corrected chi connectivity index (χ2v) is 16.1. The molecule has 0 fully saturated rings. The van der Waals surface area contributed by atoms with Gasteiger partial charge in [-0.05, 0) is 77.6 Å². The van der Waals surface area contributed by atoms with Crippen LogP contribution in [0.25, 0.3) is 0 Å². The third-order valence-corrected chi connectivity index (χ3v) is 11.4. The van der Waals surface area contributed by atoms with Crippen LogP contribution in [-0.4, -0.2) is 55.6 Å². The maximum atomic E-state index is 12.5. The molecule has 0 bridgehead atoms. The van der Waals surface area contributed by atoms with Crippen molar-refractivity contribution in [2.45, 2.75) is 233 Å². The molecule has 0 aromatic rings. The average molecular weight is 731 g/mol. The molecule has 5 heteroatoms. The number of quaternary nitrogens is 1. The van der Waals surface area contributed by atoms with Crippen molar-refractivity contribution in [2.24, 2.45) is 0 Å². The van der Waals surface area contributed by atoms with Gasteiger partial charge < -0.3 is 15.1 Å². The number of amides is 2. The van der Waals surface area contributed by atoms with Gasteiger partial charge in [0.2, 0.25) is 11.8 Å². The zero-order chi connectivity index (χ0) is 38.2. The number of carbonyl (C=O) groups excluding carboxylic acids is 2. The van der Waals surface area contributed by atoms with E-state index in [1.807, 2.05) is 0 Å². The average Bonchev–Trinajstić information content (AvgIpc) is 3.15. The quantitative estimate of drug-likeness (QED) is 0.0375. The van der Waals surface area contributed by atoms with Crippen LogP contribution in [0.4, 0.5) is 0 Å². The van der Waals surface area contributed by atoms with E-state index in [4.69, 9.17) is 0 Å². The highest BCUT2D eigenvalue weighted by Gasteiger charge is 2.29. The first-order valence-electron chi connectivity index (χ1n) is 23.1. The monoisotopic (exact) mass is 731 g/mol. The summed E-state index contributed by atoms with van der Waals surface area (Å²) >= 11 is 0. The van der Waals surface area contributed by atoms with Gasteiger partial charge in [0.1, 0.15) is 0 Å². The molecular weight excluding hydrogens is 639 g/mol. The minimum atomic E-state index is 0.212. The summed E-state index contributed by atoms with van der Waals surface area (Å²) in [6.45, 7) is 12.8. The van der Waals surface area contributed by atoms with E-state index in [1.54, 1.807) is 0 Å². The van der Waals surface area contributed by atoms with E-state index < -0.39 is 0 Å². The van der Waals surface area contributed by atoms with Crippen molar-refractivity contribution in [3.63, 3.8) is 0 Å². The third-order valence-electron chi connectivity index (χ3n) is 11.4. The van der Waals surface area contributed by atoms with Crippen molar-refractivity contribution in [2.75, 3.05) is 33.2 Å². The molecule has 0 aliphatic carbocycles. The lowest BCUT2D eigenvalue weighted by atomic mass is 10.1. The Labute approximate surface area is 326 Å². The lowest BCUT2D eigenvalue weighted by Crippen LogP contribution is -2.54. The number of carbonyl (C=O) groups is 2. The number of unbranched alkanes of at least 4 members (excludes halogenated alkanes) is 22. The predicted molar refractivity (Wildman–Crippen MR) is 230 cm³/mol. The molecule has 0 aliphatic rings. The lowest BCUT2D eigenvalue weighted by Gasteiger charge is -2.41. The van der Waals surface area contributed by atoms with Crippen molar-refractivity contribution < 1.29 is 14.1 Å². The number of allylic oxidation sites excluding steroid dienone is 4. The number of rotatable bonds is 40. The molecule has 2 N–H and O–H groups in total. The highest BCUT2D eigenvalue weighted by atomic mass is 16.2. The molecule has 2 unspecified atom stereocenters. The molecule has 5 nitrogen and oxygen atoms in total. The molecule has 0 aromatic heterocycles. The first kappa shape index (κ1) is 50.4. The van der Waals surface area contributed by atoms with Gasteiger partial charge in [0, 0.05) is 38.8 Å². The van der Waals surface area contributed by atoms with Crippen LogP contribution in [0, 0.1) is 0 Å². The van der Waals surface area contributed by atoms with Crippen LogP contribution < -0.4 is 10.6 Å². The van der Waals surface area contributed by atoms with Gasteiger partial charge in [0.05, 0.1) is 26.2 Å². The summed E-state index contributed by atoms with van der Waals surface area (Å²) in [4.78, 5) is 24.9. The highest BCUT2D eigenvalue weighted by Crippen LogP contribution is 2.18. The fourth-order valence-corrected chi connectivity index (χ4v) is 7.49. The van der Waals surface area contributed by atoms with Crippen LogP contribution in [0.5, 0.6) is 0 Å². The third kappa shape index (κ3) is 33.0. The molecule has 2 amide bonds. The smallest absolute Gasteiger partial charge is 0.219 e. The molecule has 52 heavy (non-hydrogen) atoms. The Kier molecular flexibility index (Phi) is 37.9. The van der Waals surface area contributed by atoms with Gasteiger partial charge in [0.25, 0.3) is 0 Å². The van der Waals surface area contributed by atoms with Gasteiger partial charge in [-0.1, -0.05) is 148 Å². The van der Waals surface area contributed by atoms with Crippen molar-refractivity contribution in [1.29, 1.82) is 0 Å². The van der Waals surface area contributed by atoms with Crippen LogP contribution in [-0.2, 0) is 9.59 Å². The molecule has 0 saturated carbocycles. The largest absolute Gasteiger partial charge is 0.356 e. The Hall–Kier alpha value is -1.62. The van der Waals surface area contributed by atoms with Gasteiger partial charge in [0.15, 0.2) is 0 Å². The number of nitrogens with one attached hydrogen (secondary N) is 2. The molecule has 306 valence electrons. The van der Waals surface area contributed by atoms with Crippen LogP contribution >= 0.6 is 0 Å². The van der Waals surface area contributed by atoms with E-state index in [2.05, 4.69) is 69.7 Å². The summed E-state index contributed by atoms with van der Waals surface area (Å²) in [7, 11) is 2.36. The van der Waals surface area contributed by atoms with Crippen LogP contribution in [0.2, 0.25) is 0 Å². The maximum absolute atomic E-state index is 12.5. The summed E-state index contributed by atoms with van der Waals surface area (Å²) in [5.41, 5.74) is 0. The first-order valence-corrected chi connectivity index (χ1v) is 23.1. The van der Waals surface area contributed by atoms with Gasteiger partial charge >= 0.3 is 0 Å². The van der Waals surface area contributed by atoms with Crippen LogP contribution in [0.15, 0.2) is 24.3 Å². The van der Waals surface area contributed by atoms with Crippen molar-refractivity contribution in [1.82, 2.24) is 10.6 Å². The minimum Gasteiger partial charge on any atom is -0.356 e. The fraction of sp³-hybridized carbons (Fsp3) is 0.872. The van der Waals surface area contributed by atoms with Gasteiger partial charge in [-0.25, -0.2) is 0 Å². The Morgan fingerprint density at radius 1 is 0.481 bits per heavy atom. The Balaban J connectivity index is 3.85. The fourth-order valence-electron chi connectivity index (χ4n) is 7.49. The Morgan fingerprint density at radius 2 is 0.846 bits per heavy atom. The zero-order valence-corrected chi connectivity index (χ0v) is 35.9. The number of hydrogen-bond donors (Lipinski definition) is 2. The number of nitrogens with zero attached hydrogens (tertiary/aromatic N) is 1. The van der Waals surface area contributed by atoms with Gasteiger partial charge in [-0.15, -0.1) is 0 Å². The van der Waals surface area contributed by atoms with Crippen LogP contribution in [0.1, 0.15) is 227 Å². The normalized spacial score (nSPS) is 13.6. The SMILES string of the molecule is CCCCCCCC/C=C\CCCCCCCC(=O)NCCC[N+](C)(CC)C(CC)CCNC(=O)CCCCCCC/C=C\CCCCCCCC. The van der Waals surface area contributed by atoms with Crippen molar-refractivity contribution in [3.05, 3.63) is 24.3 Å². The van der Waals surface area contributed by atoms with Gasteiger partial charge in [-0.2, -0.15) is 0 Å². The van der Waals surface area contributed by atoms with E-state index in [0.29, 0.717) is 18.9 Å². The second-order valence-electron chi connectivity index (χ2n) is 16.1. The number of hydrogen-bond acceptors (Lipinski definition) is 2. The van der Waals surface area contributed by atoms with E-state index in [0.717, 1.165) is 75.6 Å². The molecule has 0 rings (SSSR count). The van der Waals surface area contributed by atoms with Crippen molar-refractivity contribution >= 4 is 11.8 Å². The summed E-state index contributed by atoms with van der Waals surface area (Å²) in [5.74, 6) is 0.427. The highest BCUT2D eigenvalue weighted by molar-refractivity contribution is 5.76. The second kappa shape index (κ2) is 39.1. The Bertz CT molecular complexity index is 840. The van der Waals surface area contributed by atoms with E-state index >= 15 is 0 Å². The molecule has 2 atom stereocenters. The first-order chi connectivity index (χ1) is 25.4. The molecule has 0 heterocycles. The lowest BCUT2D eigenvalue weighted by molar-refractivity contribution is -0.932. The maximum Gasteiger partial charge on any atom is 0.219 e. The summed E-state index contributed by atoms with van der Waals surface area (Å²) in [6, 6.07) is 0.525. The minimum absolute atomic E-state index is 0.212. The Morgan fingerprint density at radius 3 is 1.23 bits per heavy atom. The molecular formula is C47H92N3O2+. The topological polar surface area (TPSA) is 58.2 Å². The molecule has 0 saturated heterocycles. The van der Waals surface area contributed by atoms with Crippen LogP contribution in [0.3, 0.4) is 0 Å². The molecule has 0 aliphatic heterocycles. The molecule has 0 spiro atoms. The predicted octanol–water partition coefficient (Wildman–Crippen LogP) is 13.3. The summed E-state index contributed by atoms with van der Waals surface area (Å²) in [5, 5.41) is 6.39. The van der Waals surface area contributed by atoms with E-state index in [9.17, 15) is 9.59 Å². The molecule has 0 aromatic carbocycles. The van der Waals surface area contributed by atoms with Gasteiger partial charge in [-0.3, -0.25) is 9.59 Å². The molecule has 0 radical (unpaired) electrons. The summed E-state index contributed by atoms with van der Waals surface area (Å²) < 4.78 is 1.00. The zero-order valence-electron chi connectivity index (χ0n) is 35.9.